The molecule has 3 rings (SSSR count). The topological polar surface area (TPSA) is 38.8 Å². The molecule has 0 atom stereocenters. The van der Waals surface area contributed by atoms with Crippen LogP contribution in [0.25, 0.3) is 0 Å². The van der Waals surface area contributed by atoms with E-state index in [0.29, 0.717) is 6.54 Å². The summed E-state index contributed by atoms with van der Waals surface area (Å²) >= 11 is 0. The van der Waals surface area contributed by atoms with Crippen LogP contribution in [0.1, 0.15) is 6.42 Å². The Balaban J connectivity index is 1.30. The summed E-state index contributed by atoms with van der Waals surface area (Å²) in [5.41, 5.74) is 2.48. The molecule has 1 fully saturated rings. The highest BCUT2D eigenvalue weighted by Gasteiger charge is 2.18. The van der Waals surface area contributed by atoms with Gasteiger partial charge in [0.05, 0.1) is 6.54 Å². The lowest BCUT2D eigenvalue weighted by molar-refractivity contribution is -0.122. The first-order chi connectivity index (χ1) is 13.2. The van der Waals surface area contributed by atoms with Crippen LogP contribution >= 0.6 is 0 Å². The number of nitrogens with zero attached hydrogens (tertiary/aromatic N) is 3. The highest BCUT2D eigenvalue weighted by atomic mass is 16.2. The molecular weight excluding hydrogens is 336 g/mol. The van der Waals surface area contributed by atoms with Crippen molar-refractivity contribution in [1.29, 1.82) is 0 Å². The van der Waals surface area contributed by atoms with Gasteiger partial charge < -0.3 is 15.1 Å². The lowest BCUT2D eigenvalue weighted by atomic mass is 10.2. The van der Waals surface area contributed by atoms with E-state index in [9.17, 15) is 4.79 Å². The first-order valence-corrected chi connectivity index (χ1v) is 9.77. The zero-order valence-corrected chi connectivity index (χ0v) is 16.2. The van der Waals surface area contributed by atoms with E-state index in [0.717, 1.165) is 45.7 Å². The van der Waals surface area contributed by atoms with E-state index in [4.69, 9.17) is 0 Å². The van der Waals surface area contributed by atoms with Gasteiger partial charge in [0, 0.05) is 57.7 Å². The highest BCUT2D eigenvalue weighted by molar-refractivity contribution is 5.78. The molecule has 0 radical (unpaired) electrons. The van der Waals surface area contributed by atoms with E-state index >= 15 is 0 Å². The minimum Gasteiger partial charge on any atom is -0.375 e. The van der Waals surface area contributed by atoms with Gasteiger partial charge in [-0.15, -0.1) is 0 Å². The fourth-order valence-corrected chi connectivity index (χ4v) is 3.42. The standard InChI is InChI=1S/C22H30N4O/c1-24(20-9-4-2-5-10-20)14-8-13-23-22(27)19-25-15-17-26(18-16-25)21-11-6-3-7-12-21/h2-7,9-12H,8,13-19H2,1H3,(H,23,27). The number of carbonyl (C=O) groups is 1. The van der Waals surface area contributed by atoms with Crippen LogP contribution in [0.3, 0.4) is 0 Å². The van der Waals surface area contributed by atoms with Crippen LogP contribution in [0.15, 0.2) is 60.7 Å². The van der Waals surface area contributed by atoms with Crippen molar-refractivity contribution in [2.75, 3.05) is 62.7 Å². The zero-order chi connectivity index (χ0) is 18.9. The average molecular weight is 367 g/mol. The Morgan fingerprint density at radius 2 is 1.59 bits per heavy atom. The second-order valence-corrected chi connectivity index (χ2v) is 7.06. The molecule has 2 aromatic rings. The maximum Gasteiger partial charge on any atom is 0.234 e. The van der Waals surface area contributed by atoms with Crippen molar-refractivity contribution in [1.82, 2.24) is 10.2 Å². The van der Waals surface area contributed by atoms with Gasteiger partial charge in [0.2, 0.25) is 5.91 Å². The van der Waals surface area contributed by atoms with E-state index in [1.165, 1.54) is 11.4 Å². The summed E-state index contributed by atoms with van der Waals surface area (Å²) in [6.07, 6.45) is 0.943. The molecule has 27 heavy (non-hydrogen) atoms. The van der Waals surface area contributed by atoms with Crippen LogP contribution in [0.2, 0.25) is 0 Å². The summed E-state index contributed by atoms with van der Waals surface area (Å²) in [6.45, 7) is 5.95. The molecule has 0 aromatic heterocycles. The van der Waals surface area contributed by atoms with Gasteiger partial charge in [-0.05, 0) is 30.7 Å². The summed E-state index contributed by atoms with van der Waals surface area (Å²) in [4.78, 5) is 19.0. The van der Waals surface area contributed by atoms with E-state index in [1.807, 2.05) is 24.3 Å². The molecule has 0 spiro atoms. The van der Waals surface area contributed by atoms with Crippen LogP contribution in [0.4, 0.5) is 11.4 Å². The van der Waals surface area contributed by atoms with Crippen LogP contribution < -0.4 is 15.1 Å². The molecule has 0 bridgehead atoms. The van der Waals surface area contributed by atoms with Crippen molar-refractivity contribution >= 4 is 17.3 Å². The van der Waals surface area contributed by atoms with Crippen molar-refractivity contribution in [3.63, 3.8) is 0 Å². The molecule has 1 heterocycles. The number of carbonyl (C=O) groups excluding carboxylic acids is 1. The summed E-state index contributed by atoms with van der Waals surface area (Å²) in [5, 5.41) is 3.06. The van der Waals surface area contributed by atoms with Gasteiger partial charge in [-0.1, -0.05) is 36.4 Å². The van der Waals surface area contributed by atoms with Gasteiger partial charge in [0.1, 0.15) is 0 Å². The molecule has 0 unspecified atom stereocenters. The number of hydrogen-bond donors (Lipinski definition) is 1. The number of piperazine rings is 1. The maximum atomic E-state index is 12.2. The van der Waals surface area contributed by atoms with Crippen LogP contribution in [0, 0.1) is 0 Å². The number of para-hydroxylation sites is 2. The minimum absolute atomic E-state index is 0.130. The molecule has 144 valence electrons. The number of rotatable bonds is 8. The number of nitrogens with one attached hydrogen (secondary N) is 1. The number of benzene rings is 2. The molecule has 0 aliphatic carbocycles. The van der Waals surface area contributed by atoms with Gasteiger partial charge in [-0.3, -0.25) is 9.69 Å². The molecule has 0 saturated carbocycles. The first kappa shape index (κ1) is 19.2. The van der Waals surface area contributed by atoms with Gasteiger partial charge >= 0.3 is 0 Å². The normalized spacial score (nSPS) is 14.8. The third-order valence-electron chi connectivity index (χ3n) is 5.05. The molecule has 1 N–H and O–H groups in total. The molecule has 5 nitrogen and oxygen atoms in total. The van der Waals surface area contributed by atoms with Crippen LogP contribution in [-0.4, -0.2) is 63.7 Å². The van der Waals surface area contributed by atoms with Gasteiger partial charge in [-0.2, -0.15) is 0 Å². The van der Waals surface area contributed by atoms with Gasteiger partial charge in [0.15, 0.2) is 0 Å². The summed E-state index contributed by atoms with van der Waals surface area (Å²) < 4.78 is 0. The molecule has 1 aliphatic heterocycles. The minimum atomic E-state index is 0.130. The van der Waals surface area contributed by atoms with Crippen molar-refractivity contribution in [3.05, 3.63) is 60.7 Å². The Labute approximate surface area is 162 Å². The fourth-order valence-electron chi connectivity index (χ4n) is 3.42. The Hall–Kier alpha value is -2.53. The molecule has 2 aromatic carbocycles. The third kappa shape index (κ3) is 6.00. The van der Waals surface area contributed by atoms with Crippen LogP contribution in [0.5, 0.6) is 0 Å². The van der Waals surface area contributed by atoms with Crippen molar-refractivity contribution in [3.8, 4) is 0 Å². The van der Waals surface area contributed by atoms with Crippen molar-refractivity contribution in [2.24, 2.45) is 0 Å². The zero-order valence-electron chi connectivity index (χ0n) is 16.2. The maximum absolute atomic E-state index is 12.2. The fraction of sp³-hybridized carbons (Fsp3) is 0.409. The van der Waals surface area contributed by atoms with E-state index in [2.05, 4.69) is 63.5 Å². The highest BCUT2D eigenvalue weighted by Crippen LogP contribution is 2.15. The predicted octanol–water partition coefficient (Wildman–Crippen LogP) is 2.45. The quantitative estimate of drug-likeness (QED) is 0.729. The summed E-state index contributed by atoms with van der Waals surface area (Å²) in [7, 11) is 2.09. The van der Waals surface area contributed by atoms with Crippen molar-refractivity contribution in [2.45, 2.75) is 6.42 Å². The van der Waals surface area contributed by atoms with Crippen molar-refractivity contribution < 1.29 is 4.79 Å². The SMILES string of the molecule is CN(CCCNC(=O)CN1CCN(c2ccccc2)CC1)c1ccccc1. The number of amides is 1. The Morgan fingerprint density at radius 1 is 0.963 bits per heavy atom. The lowest BCUT2D eigenvalue weighted by Crippen LogP contribution is -2.49. The lowest BCUT2D eigenvalue weighted by Gasteiger charge is -2.35. The molecular formula is C22H30N4O. The number of anilines is 2. The monoisotopic (exact) mass is 366 g/mol. The smallest absolute Gasteiger partial charge is 0.234 e. The summed E-state index contributed by atoms with van der Waals surface area (Å²) in [5.74, 6) is 0.130. The Kier molecular flexibility index (Phi) is 7.11. The average Bonchev–Trinajstić information content (AvgIpc) is 2.73. The molecule has 1 saturated heterocycles. The Bertz CT molecular complexity index is 684. The largest absolute Gasteiger partial charge is 0.375 e. The molecule has 1 amide bonds. The predicted molar refractivity (Wildman–Crippen MR) is 112 cm³/mol. The van der Waals surface area contributed by atoms with Gasteiger partial charge in [-0.25, -0.2) is 0 Å². The van der Waals surface area contributed by atoms with E-state index in [1.54, 1.807) is 0 Å². The number of hydrogen-bond acceptors (Lipinski definition) is 4. The van der Waals surface area contributed by atoms with Crippen LogP contribution in [-0.2, 0) is 4.79 Å². The first-order valence-electron chi connectivity index (χ1n) is 9.77. The van der Waals surface area contributed by atoms with E-state index in [-0.39, 0.29) is 5.91 Å². The van der Waals surface area contributed by atoms with E-state index < -0.39 is 0 Å². The second-order valence-electron chi connectivity index (χ2n) is 7.06. The molecule has 5 heteroatoms. The summed E-state index contributed by atoms with van der Waals surface area (Å²) in [6, 6.07) is 20.8. The Morgan fingerprint density at radius 3 is 2.26 bits per heavy atom. The van der Waals surface area contributed by atoms with Gasteiger partial charge in [0.25, 0.3) is 0 Å². The molecule has 1 aliphatic rings. The third-order valence-corrected chi connectivity index (χ3v) is 5.05. The second kappa shape index (κ2) is 9.97.